The Morgan fingerprint density at radius 2 is 2.29 bits per heavy atom. The SMILES string of the molecule is CCn1ccnc1CC#CC(C)(C)N. The summed E-state index contributed by atoms with van der Waals surface area (Å²) in [6, 6.07) is 0. The molecule has 3 nitrogen and oxygen atoms in total. The predicted molar refractivity (Wildman–Crippen MR) is 57.6 cm³/mol. The van der Waals surface area contributed by atoms with Gasteiger partial charge in [-0.1, -0.05) is 11.8 Å². The lowest BCUT2D eigenvalue weighted by atomic mass is 10.1. The van der Waals surface area contributed by atoms with E-state index in [0.717, 1.165) is 12.4 Å². The van der Waals surface area contributed by atoms with Crippen molar-refractivity contribution in [2.45, 2.75) is 39.3 Å². The molecule has 76 valence electrons. The number of hydrogen-bond acceptors (Lipinski definition) is 2. The second-order valence-electron chi connectivity index (χ2n) is 3.83. The van der Waals surface area contributed by atoms with Gasteiger partial charge in [0, 0.05) is 18.9 Å². The fourth-order valence-electron chi connectivity index (χ4n) is 1.15. The molecule has 0 aromatic carbocycles. The molecule has 0 unspecified atom stereocenters. The zero-order valence-corrected chi connectivity index (χ0v) is 9.04. The molecule has 1 heterocycles. The van der Waals surface area contributed by atoms with Gasteiger partial charge in [-0.25, -0.2) is 4.98 Å². The average molecular weight is 191 g/mol. The van der Waals surface area contributed by atoms with E-state index in [9.17, 15) is 0 Å². The monoisotopic (exact) mass is 191 g/mol. The van der Waals surface area contributed by atoms with E-state index in [4.69, 9.17) is 5.73 Å². The summed E-state index contributed by atoms with van der Waals surface area (Å²) in [5.41, 5.74) is 5.33. The maximum absolute atomic E-state index is 5.74. The number of nitrogens with two attached hydrogens (primary N) is 1. The number of imidazole rings is 1. The molecule has 2 N–H and O–H groups in total. The molecule has 0 aliphatic rings. The molecule has 0 bridgehead atoms. The van der Waals surface area contributed by atoms with Crippen molar-refractivity contribution < 1.29 is 0 Å². The van der Waals surface area contributed by atoms with Crippen molar-refractivity contribution in [1.29, 1.82) is 0 Å². The average Bonchev–Trinajstić information content (AvgIpc) is 2.49. The van der Waals surface area contributed by atoms with Crippen LogP contribution in [0.5, 0.6) is 0 Å². The van der Waals surface area contributed by atoms with Crippen LogP contribution in [0, 0.1) is 11.8 Å². The molecule has 1 aromatic heterocycles. The molecular weight excluding hydrogens is 174 g/mol. The largest absolute Gasteiger partial charge is 0.334 e. The molecule has 0 amide bonds. The van der Waals surface area contributed by atoms with Crippen LogP contribution in [0.4, 0.5) is 0 Å². The third kappa shape index (κ3) is 3.23. The van der Waals surface area contributed by atoms with Gasteiger partial charge in [-0.15, -0.1) is 0 Å². The lowest BCUT2D eigenvalue weighted by molar-refractivity contribution is 0.678. The first kappa shape index (κ1) is 10.8. The van der Waals surface area contributed by atoms with Crippen LogP contribution < -0.4 is 5.73 Å². The standard InChI is InChI=1S/C11H17N3/c1-4-14-9-8-13-10(14)6-5-7-11(2,3)12/h8-9H,4,6,12H2,1-3H3. The maximum atomic E-state index is 5.74. The van der Waals surface area contributed by atoms with Crippen LogP contribution in [0.1, 0.15) is 26.6 Å². The van der Waals surface area contributed by atoms with Crippen LogP contribution in [0.2, 0.25) is 0 Å². The highest BCUT2D eigenvalue weighted by molar-refractivity contribution is 5.16. The minimum absolute atomic E-state index is 0.413. The van der Waals surface area contributed by atoms with Crippen molar-refractivity contribution in [3.63, 3.8) is 0 Å². The molecular formula is C11H17N3. The Labute approximate surface area is 85.3 Å². The van der Waals surface area contributed by atoms with Crippen LogP contribution >= 0.6 is 0 Å². The van der Waals surface area contributed by atoms with E-state index in [1.807, 2.05) is 20.0 Å². The highest BCUT2D eigenvalue weighted by Crippen LogP contribution is 1.98. The van der Waals surface area contributed by atoms with E-state index in [1.54, 1.807) is 6.20 Å². The number of aryl methyl sites for hydroxylation is 1. The summed E-state index contributed by atoms with van der Waals surface area (Å²) in [5, 5.41) is 0. The summed E-state index contributed by atoms with van der Waals surface area (Å²) in [4.78, 5) is 4.23. The number of rotatable bonds is 2. The third-order valence-electron chi connectivity index (χ3n) is 1.80. The van der Waals surface area contributed by atoms with Gasteiger partial charge in [-0.05, 0) is 20.8 Å². The zero-order chi connectivity index (χ0) is 10.6. The molecule has 0 saturated heterocycles. The molecule has 1 aromatic rings. The molecule has 1 rings (SSSR count). The van der Waals surface area contributed by atoms with Crippen LogP contribution in [-0.2, 0) is 13.0 Å². The summed E-state index contributed by atoms with van der Waals surface area (Å²) in [6.45, 7) is 6.81. The van der Waals surface area contributed by atoms with Crippen molar-refractivity contribution in [2.24, 2.45) is 5.73 Å². The fourth-order valence-corrected chi connectivity index (χ4v) is 1.15. The van der Waals surface area contributed by atoms with Gasteiger partial charge in [0.2, 0.25) is 0 Å². The molecule has 0 aliphatic carbocycles. The summed E-state index contributed by atoms with van der Waals surface area (Å²) < 4.78 is 2.08. The Morgan fingerprint density at radius 3 is 2.86 bits per heavy atom. The fraction of sp³-hybridized carbons (Fsp3) is 0.545. The molecule has 0 spiro atoms. The van der Waals surface area contributed by atoms with Gasteiger partial charge < -0.3 is 10.3 Å². The Morgan fingerprint density at radius 1 is 1.57 bits per heavy atom. The first-order chi connectivity index (χ1) is 6.53. The number of aromatic nitrogens is 2. The van der Waals surface area contributed by atoms with Gasteiger partial charge in [0.25, 0.3) is 0 Å². The quantitative estimate of drug-likeness (QED) is 0.713. The summed E-state index contributed by atoms with van der Waals surface area (Å²) in [5.74, 6) is 7.03. The Bertz CT molecular complexity index is 347. The highest BCUT2D eigenvalue weighted by atomic mass is 15.0. The van der Waals surface area contributed by atoms with Crippen molar-refractivity contribution >= 4 is 0 Å². The normalized spacial score (nSPS) is 10.9. The molecule has 0 aliphatic heterocycles. The zero-order valence-electron chi connectivity index (χ0n) is 9.04. The topological polar surface area (TPSA) is 43.8 Å². The van der Waals surface area contributed by atoms with Crippen molar-refractivity contribution in [1.82, 2.24) is 9.55 Å². The molecule has 0 atom stereocenters. The van der Waals surface area contributed by atoms with Gasteiger partial charge in [-0.3, -0.25) is 0 Å². The molecule has 14 heavy (non-hydrogen) atoms. The van der Waals surface area contributed by atoms with Crippen LogP contribution in [0.15, 0.2) is 12.4 Å². The van der Waals surface area contributed by atoms with E-state index < -0.39 is 5.54 Å². The van der Waals surface area contributed by atoms with Crippen LogP contribution in [-0.4, -0.2) is 15.1 Å². The second-order valence-corrected chi connectivity index (χ2v) is 3.83. The Balaban J connectivity index is 2.65. The van der Waals surface area contributed by atoms with Crippen LogP contribution in [0.25, 0.3) is 0 Å². The van der Waals surface area contributed by atoms with E-state index in [0.29, 0.717) is 6.42 Å². The van der Waals surface area contributed by atoms with E-state index in [2.05, 4.69) is 28.3 Å². The summed E-state index contributed by atoms with van der Waals surface area (Å²) >= 11 is 0. The second kappa shape index (κ2) is 4.30. The molecule has 0 saturated carbocycles. The summed E-state index contributed by atoms with van der Waals surface area (Å²) in [7, 11) is 0. The predicted octanol–water partition coefficient (Wildman–Crippen LogP) is 1.19. The minimum Gasteiger partial charge on any atom is -0.334 e. The highest BCUT2D eigenvalue weighted by Gasteiger charge is 2.04. The molecule has 0 radical (unpaired) electrons. The number of nitrogens with zero attached hydrogens (tertiary/aromatic N) is 2. The smallest absolute Gasteiger partial charge is 0.120 e. The van der Waals surface area contributed by atoms with Gasteiger partial charge in [0.1, 0.15) is 5.82 Å². The van der Waals surface area contributed by atoms with Gasteiger partial charge >= 0.3 is 0 Å². The van der Waals surface area contributed by atoms with E-state index >= 15 is 0 Å². The molecule has 0 fully saturated rings. The maximum Gasteiger partial charge on any atom is 0.120 e. The van der Waals surface area contributed by atoms with Crippen molar-refractivity contribution in [3.8, 4) is 11.8 Å². The minimum atomic E-state index is -0.413. The third-order valence-corrected chi connectivity index (χ3v) is 1.80. The first-order valence-corrected chi connectivity index (χ1v) is 4.82. The first-order valence-electron chi connectivity index (χ1n) is 4.82. The van der Waals surface area contributed by atoms with Crippen molar-refractivity contribution in [3.05, 3.63) is 18.2 Å². The van der Waals surface area contributed by atoms with Gasteiger partial charge in [0.05, 0.1) is 12.0 Å². The lowest BCUT2D eigenvalue weighted by Gasteiger charge is -2.07. The molecule has 3 heteroatoms. The lowest BCUT2D eigenvalue weighted by Crippen LogP contribution is -2.29. The van der Waals surface area contributed by atoms with Crippen molar-refractivity contribution in [2.75, 3.05) is 0 Å². The van der Waals surface area contributed by atoms with Gasteiger partial charge in [0.15, 0.2) is 0 Å². The van der Waals surface area contributed by atoms with E-state index in [1.165, 1.54) is 0 Å². The van der Waals surface area contributed by atoms with E-state index in [-0.39, 0.29) is 0 Å². The Hall–Kier alpha value is -1.27. The number of hydrogen-bond donors (Lipinski definition) is 1. The van der Waals surface area contributed by atoms with Crippen LogP contribution in [0.3, 0.4) is 0 Å². The Kier molecular flexibility index (Phi) is 3.32. The summed E-state index contributed by atoms with van der Waals surface area (Å²) in [6.07, 6.45) is 4.43. The van der Waals surface area contributed by atoms with Gasteiger partial charge in [-0.2, -0.15) is 0 Å².